The quantitative estimate of drug-likeness (QED) is 0.479. The summed E-state index contributed by atoms with van der Waals surface area (Å²) >= 11 is 13.3. The summed E-state index contributed by atoms with van der Waals surface area (Å²) in [5.41, 5.74) is 1.17. The lowest BCUT2D eigenvalue weighted by Gasteiger charge is -2.09. The maximum Gasteiger partial charge on any atom is 0.234 e. The molecule has 0 saturated carbocycles. The second kappa shape index (κ2) is 10.5. The lowest BCUT2D eigenvalue weighted by atomic mass is 10.3. The molecule has 156 valence electrons. The largest absolute Gasteiger partial charge is 0.326 e. The average Bonchev–Trinajstić information content (AvgIpc) is 3.12. The second-order valence-corrected chi connectivity index (χ2v) is 7.90. The molecule has 0 unspecified atom stereocenters. The van der Waals surface area contributed by atoms with Gasteiger partial charge in [0.05, 0.1) is 27.9 Å². The van der Waals surface area contributed by atoms with Crippen molar-refractivity contribution in [1.29, 1.82) is 0 Å². The molecule has 3 rings (SSSR count). The fourth-order valence-corrected chi connectivity index (χ4v) is 3.83. The van der Waals surface area contributed by atoms with Crippen LogP contribution in [0.25, 0.3) is 0 Å². The fourth-order valence-electron chi connectivity index (χ4n) is 2.66. The van der Waals surface area contributed by atoms with Gasteiger partial charge in [-0.25, -0.2) is 0 Å². The summed E-state index contributed by atoms with van der Waals surface area (Å²) in [7, 11) is 0. The van der Waals surface area contributed by atoms with E-state index in [1.54, 1.807) is 18.2 Å². The van der Waals surface area contributed by atoms with Crippen LogP contribution in [0.3, 0.4) is 0 Å². The number of carbonyl (C=O) groups excluding carboxylic acids is 2. The van der Waals surface area contributed by atoms with E-state index in [0.717, 1.165) is 5.69 Å². The Hall–Kier alpha value is -2.55. The number of anilines is 2. The van der Waals surface area contributed by atoms with Crippen LogP contribution in [0.4, 0.5) is 11.4 Å². The Labute approximate surface area is 188 Å². The monoisotopic (exact) mass is 463 g/mol. The minimum Gasteiger partial charge on any atom is -0.326 e. The standard InChI is InChI=1S/C20H19Cl2N5O2S/c1-2-27-16(11-17(28)23-13-7-4-3-5-8-13)25-26-20(27)30-12-18(29)24-15-10-6-9-14(21)19(15)22/h3-10H,2,11-12H2,1H3,(H,23,28)(H,24,29). The van der Waals surface area contributed by atoms with Crippen molar-refractivity contribution in [3.05, 3.63) is 64.4 Å². The van der Waals surface area contributed by atoms with Crippen molar-refractivity contribution >= 4 is 58.2 Å². The highest BCUT2D eigenvalue weighted by molar-refractivity contribution is 7.99. The number of halogens is 2. The summed E-state index contributed by atoms with van der Waals surface area (Å²) in [4.78, 5) is 24.6. The zero-order chi connectivity index (χ0) is 21.5. The molecule has 0 aliphatic rings. The molecule has 0 spiro atoms. The SMILES string of the molecule is CCn1c(CC(=O)Nc2ccccc2)nnc1SCC(=O)Nc1cccc(Cl)c1Cl. The number of para-hydroxylation sites is 1. The minimum absolute atomic E-state index is 0.0839. The smallest absolute Gasteiger partial charge is 0.234 e. The van der Waals surface area contributed by atoms with Crippen molar-refractivity contribution in [3.8, 4) is 0 Å². The maximum atomic E-state index is 12.3. The molecule has 1 heterocycles. The van der Waals surface area contributed by atoms with Gasteiger partial charge in [0.2, 0.25) is 11.8 Å². The van der Waals surface area contributed by atoms with Crippen LogP contribution in [0.1, 0.15) is 12.7 Å². The first-order valence-electron chi connectivity index (χ1n) is 9.11. The molecule has 1 aromatic heterocycles. The molecule has 2 N–H and O–H groups in total. The summed E-state index contributed by atoms with van der Waals surface area (Å²) in [6, 6.07) is 14.2. The van der Waals surface area contributed by atoms with Crippen molar-refractivity contribution in [1.82, 2.24) is 14.8 Å². The number of hydrogen-bond acceptors (Lipinski definition) is 5. The van der Waals surface area contributed by atoms with Gasteiger partial charge in [-0.1, -0.05) is 59.2 Å². The van der Waals surface area contributed by atoms with E-state index >= 15 is 0 Å². The van der Waals surface area contributed by atoms with E-state index in [4.69, 9.17) is 23.2 Å². The lowest BCUT2D eigenvalue weighted by molar-refractivity contribution is -0.116. The van der Waals surface area contributed by atoms with Crippen molar-refractivity contribution in [2.75, 3.05) is 16.4 Å². The van der Waals surface area contributed by atoms with Crippen LogP contribution < -0.4 is 10.6 Å². The third-order valence-corrected chi connectivity index (χ3v) is 5.83. The number of hydrogen-bond donors (Lipinski definition) is 2. The van der Waals surface area contributed by atoms with Gasteiger partial charge < -0.3 is 15.2 Å². The molecule has 0 aliphatic carbocycles. The van der Waals surface area contributed by atoms with Crippen LogP contribution in [0.15, 0.2) is 53.7 Å². The Morgan fingerprint density at radius 1 is 1.00 bits per heavy atom. The molecule has 10 heteroatoms. The molecule has 0 aliphatic heterocycles. The zero-order valence-corrected chi connectivity index (χ0v) is 18.4. The lowest BCUT2D eigenvalue weighted by Crippen LogP contribution is -2.18. The topological polar surface area (TPSA) is 88.9 Å². The van der Waals surface area contributed by atoms with Gasteiger partial charge in [0.1, 0.15) is 5.82 Å². The molecule has 0 radical (unpaired) electrons. The van der Waals surface area contributed by atoms with Gasteiger partial charge in [-0.05, 0) is 31.2 Å². The molecule has 30 heavy (non-hydrogen) atoms. The number of aromatic nitrogens is 3. The van der Waals surface area contributed by atoms with Gasteiger partial charge in [-0.3, -0.25) is 9.59 Å². The summed E-state index contributed by atoms with van der Waals surface area (Å²) < 4.78 is 1.81. The third kappa shape index (κ3) is 5.75. The van der Waals surface area contributed by atoms with E-state index in [1.807, 2.05) is 41.8 Å². The van der Waals surface area contributed by atoms with Gasteiger partial charge in [0, 0.05) is 12.2 Å². The molecule has 2 amide bonds. The van der Waals surface area contributed by atoms with Gasteiger partial charge in [0.25, 0.3) is 0 Å². The minimum atomic E-state index is -0.252. The number of nitrogens with zero attached hydrogens (tertiary/aromatic N) is 3. The first-order chi connectivity index (χ1) is 14.5. The van der Waals surface area contributed by atoms with E-state index in [9.17, 15) is 9.59 Å². The summed E-state index contributed by atoms with van der Waals surface area (Å²) in [5, 5.41) is 15.0. The molecule has 0 fully saturated rings. The summed E-state index contributed by atoms with van der Waals surface area (Å²) in [6.07, 6.45) is 0.0839. The van der Waals surface area contributed by atoms with Crippen molar-refractivity contribution < 1.29 is 9.59 Å². The molecule has 0 atom stereocenters. The van der Waals surface area contributed by atoms with E-state index in [-0.39, 0.29) is 24.0 Å². The Bertz CT molecular complexity index is 1040. The third-order valence-electron chi connectivity index (χ3n) is 4.04. The van der Waals surface area contributed by atoms with Crippen LogP contribution in [0.2, 0.25) is 10.0 Å². The molecule has 3 aromatic rings. The molecular weight excluding hydrogens is 445 g/mol. The molecule has 7 nitrogen and oxygen atoms in total. The second-order valence-electron chi connectivity index (χ2n) is 6.17. The van der Waals surface area contributed by atoms with Crippen LogP contribution in [0.5, 0.6) is 0 Å². The predicted molar refractivity (Wildman–Crippen MR) is 120 cm³/mol. The first kappa shape index (κ1) is 22.1. The summed E-state index contributed by atoms with van der Waals surface area (Å²) in [6.45, 7) is 2.50. The predicted octanol–water partition coefficient (Wildman–Crippen LogP) is 4.52. The van der Waals surface area contributed by atoms with E-state index in [0.29, 0.717) is 33.3 Å². The molecular formula is C20H19Cl2N5O2S. The van der Waals surface area contributed by atoms with Crippen molar-refractivity contribution in [2.45, 2.75) is 25.0 Å². The normalized spacial score (nSPS) is 10.6. The Balaban J connectivity index is 1.59. The molecule has 0 bridgehead atoms. The van der Waals surface area contributed by atoms with E-state index < -0.39 is 0 Å². The molecule has 0 saturated heterocycles. The van der Waals surface area contributed by atoms with Gasteiger partial charge in [-0.2, -0.15) is 0 Å². The number of rotatable bonds is 8. The Kier molecular flexibility index (Phi) is 7.73. The molecule has 2 aromatic carbocycles. The summed E-state index contributed by atoms with van der Waals surface area (Å²) in [5.74, 6) is 0.204. The van der Waals surface area contributed by atoms with E-state index in [2.05, 4.69) is 20.8 Å². The zero-order valence-electron chi connectivity index (χ0n) is 16.1. The van der Waals surface area contributed by atoms with Crippen LogP contribution in [0, 0.1) is 0 Å². The Morgan fingerprint density at radius 3 is 2.50 bits per heavy atom. The van der Waals surface area contributed by atoms with Crippen molar-refractivity contribution in [2.24, 2.45) is 0 Å². The van der Waals surface area contributed by atoms with Gasteiger partial charge in [-0.15, -0.1) is 10.2 Å². The van der Waals surface area contributed by atoms with E-state index in [1.165, 1.54) is 11.8 Å². The maximum absolute atomic E-state index is 12.3. The van der Waals surface area contributed by atoms with Crippen molar-refractivity contribution in [3.63, 3.8) is 0 Å². The van der Waals surface area contributed by atoms with Crippen LogP contribution >= 0.6 is 35.0 Å². The van der Waals surface area contributed by atoms with Gasteiger partial charge >= 0.3 is 0 Å². The highest BCUT2D eigenvalue weighted by Gasteiger charge is 2.16. The number of benzene rings is 2. The fraction of sp³-hybridized carbons (Fsp3) is 0.200. The van der Waals surface area contributed by atoms with Crippen LogP contribution in [-0.4, -0.2) is 32.3 Å². The van der Waals surface area contributed by atoms with Gasteiger partial charge in [0.15, 0.2) is 5.16 Å². The number of amides is 2. The number of nitrogens with one attached hydrogen (secondary N) is 2. The van der Waals surface area contributed by atoms with Crippen LogP contribution in [-0.2, 0) is 22.6 Å². The highest BCUT2D eigenvalue weighted by Crippen LogP contribution is 2.29. The highest BCUT2D eigenvalue weighted by atomic mass is 35.5. The average molecular weight is 464 g/mol. The Morgan fingerprint density at radius 2 is 1.77 bits per heavy atom. The first-order valence-corrected chi connectivity index (χ1v) is 10.9. The number of thioether (sulfide) groups is 1. The number of carbonyl (C=O) groups is 2.